The summed E-state index contributed by atoms with van der Waals surface area (Å²) in [5, 5.41) is 3.96. The van der Waals surface area contributed by atoms with Crippen LogP contribution in [0.5, 0.6) is 0 Å². The van der Waals surface area contributed by atoms with Crippen LogP contribution in [0.15, 0.2) is 0 Å². The molecule has 0 amide bonds. The van der Waals surface area contributed by atoms with Crippen molar-refractivity contribution in [3.8, 4) is 0 Å². The Morgan fingerprint density at radius 3 is 2.33 bits per heavy atom. The van der Waals surface area contributed by atoms with Gasteiger partial charge in [-0.2, -0.15) is 0 Å². The van der Waals surface area contributed by atoms with E-state index in [1.165, 1.54) is 57.8 Å². The number of rotatable bonds is 5. The summed E-state index contributed by atoms with van der Waals surface area (Å²) in [6.45, 7) is 7.18. The van der Waals surface area contributed by atoms with Gasteiger partial charge in [0.15, 0.2) is 0 Å². The van der Waals surface area contributed by atoms with Gasteiger partial charge in [0, 0.05) is 12.1 Å². The molecule has 2 unspecified atom stereocenters. The highest BCUT2D eigenvalue weighted by molar-refractivity contribution is 4.84. The van der Waals surface area contributed by atoms with E-state index in [1.54, 1.807) is 0 Å². The second-order valence-electron chi connectivity index (χ2n) is 7.36. The van der Waals surface area contributed by atoms with Crippen LogP contribution in [0.2, 0.25) is 0 Å². The van der Waals surface area contributed by atoms with Crippen LogP contribution in [0, 0.1) is 17.8 Å². The van der Waals surface area contributed by atoms with Gasteiger partial charge in [0.2, 0.25) is 0 Å². The van der Waals surface area contributed by atoms with Gasteiger partial charge in [-0.25, -0.2) is 0 Å². The van der Waals surface area contributed by atoms with Crippen molar-refractivity contribution in [2.75, 3.05) is 0 Å². The molecule has 106 valence electrons. The van der Waals surface area contributed by atoms with Gasteiger partial charge in [0.1, 0.15) is 0 Å². The van der Waals surface area contributed by atoms with Crippen LogP contribution in [0.4, 0.5) is 0 Å². The van der Waals surface area contributed by atoms with Crippen LogP contribution < -0.4 is 5.32 Å². The second-order valence-corrected chi connectivity index (χ2v) is 7.36. The molecular weight excluding hydrogens is 218 g/mol. The van der Waals surface area contributed by atoms with Crippen molar-refractivity contribution in [1.29, 1.82) is 0 Å². The number of nitrogens with one attached hydrogen (secondary N) is 1. The number of hydrogen-bond acceptors (Lipinski definition) is 1. The first kappa shape index (κ1) is 14.4. The molecule has 0 bridgehead atoms. The maximum atomic E-state index is 3.96. The first-order valence-corrected chi connectivity index (χ1v) is 8.41. The molecule has 0 saturated heterocycles. The lowest BCUT2D eigenvalue weighted by Gasteiger charge is -2.34. The summed E-state index contributed by atoms with van der Waals surface area (Å²) >= 11 is 0. The molecule has 3 atom stereocenters. The van der Waals surface area contributed by atoms with E-state index in [0.29, 0.717) is 0 Å². The summed E-state index contributed by atoms with van der Waals surface area (Å²) in [5.41, 5.74) is 0. The molecule has 2 aliphatic carbocycles. The third-order valence-corrected chi connectivity index (χ3v) is 5.19. The summed E-state index contributed by atoms with van der Waals surface area (Å²) in [6, 6.07) is 1.58. The van der Waals surface area contributed by atoms with Crippen molar-refractivity contribution in [2.24, 2.45) is 17.8 Å². The molecule has 0 heterocycles. The maximum Gasteiger partial charge on any atom is 0.00722 e. The third kappa shape index (κ3) is 4.26. The SMILES string of the molecule is CC(C)CC1CCCC(N[C@@H](C)C2CCCC2)C1. The van der Waals surface area contributed by atoms with Gasteiger partial charge in [-0.15, -0.1) is 0 Å². The Morgan fingerprint density at radius 2 is 1.67 bits per heavy atom. The molecule has 2 saturated carbocycles. The van der Waals surface area contributed by atoms with Crippen molar-refractivity contribution in [3.63, 3.8) is 0 Å². The summed E-state index contributed by atoms with van der Waals surface area (Å²) in [4.78, 5) is 0. The molecule has 2 rings (SSSR count). The predicted octanol–water partition coefficient (Wildman–Crippen LogP) is 4.76. The Morgan fingerprint density at radius 1 is 0.944 bits per heavy atom. The molecule has 0 spiro atoms. The van der Waals surface area contributed by atoms with E-state index < -0.39 is 0 Å². The van der Waals surface area contributed by atoms with Crippen LogP contribution in [-0.4, -0.2) is 12.1 Å². The number of hydrogen-bond donors (Lipinski definition) is 1. The third-order valence-electron chi connectivity index (χ3n) is 5.19. The molecule has 0 aromatic carbocycles. The largest absolute Gasteiger partial charge is 0.311 e. The molecule has 0 radical (unpaired) electrons. The highest BCUT2D eigenvalue weighted by Crippen LogP contribution is 2.32. The molecule has 1 N–H and O–H groups in total. The molecule has 0 aromatic rings. The molecule has 2 aliphatic rings. The van der Waals surface area contributed by atoms with Gasteiger partial charge < -0.3 is 5.32 Å². The van der Waals surface area contributed by atoms with Gasteiger partial charge in [0.05, 0.1) is 0 Å². The van der Waals surface area contributed by atoms with Crippen molar-refractivity contribution < 1.29 is 0 Å². The lowest BCUT2D eigenvalue weighted by atomic mass is 9.80. The molecular formula is C17H33N. The Kier molecular flexibility index (Phi) is 5.54. The van der Waals surface area contributed by atoms with E-state index in [-0.39, 0.29) is 0 Å². The topological polar surface area (TPSA) is 12.0 Å². The monoisotopic (exact) mass is 251 g/mol. The van der Waals surface area contributed by atoms with E-state index in [4.69, 9.17) is 0 Å². The van der Waals surface area contributed by atoms with Crippen LogP contribution in [0.25, 0.3) is 0 Å². The normalized spacial score (nSPS) is 32.0. The van der Waals surface area contributed by atoms with E-state index in [0.717, 1.165) is 29.8 Å². The van der Waals surface area contributed by atoms with Crippen LogP contribution in [-0.2, 0) is 0 Å². The average molecular weight is 251 g/mol. The Hall–Kier alpha value is -0.0400. The van der Waals surface area contributed by atoms with Gasteiger partial charge in [-0.1, -0.05) is 39.5 Å². The van der Waals surface area contributed by atoms with Crippen molar-refractivity contribution in [1.82, 2.24) is 5.32 Å². The summed E-state index contributed by atoms with van der Waals surface area (Å²) in [6.07, 6.45) is 13.1. The standard InChI is InChI=1S/C17H33N/c1-13(2)11-15-7-6-10-17(12-15)18-14(3)16-8-4-5-9-16/h13-18H,4-12H2,1-3H3/t14-,15?,17?/m0/s1. The van der Waals surface area contributed by atoms with E-state index >= 15 is 0 Å². The highest BCUT2D eigenvalue weighted by Gasteiger charge is 2.27. The quantitative estimate of drug-likeness (QED) is 0.743. The van der Waals surface area contributed by atoms with Crippen molar-refractivity contribution in [3.05, 3.63) is 0 Å². The first-order valence-electron chi connectivity index (χ1n) is 8.41. The second kappa shape index (κ2) is 6.93. The van der Waals surface area contributed by atoms with Gasteiger partial charge in [0.25, 0.3) is 0 Å². The van der Waals surface area contributed by atoms with Crippen molar-refractivity contribution in [2.45, 2.75) is 90.6 Å². The molecule has 18 heavy (non-hydrogen) atoms. The average Bonchev–Trinajstić information content (AvgIpc) is 2.81. The fourth-order valence-corrected chi connectivity index (χ4v) is 4.29. The van der Waals surface area contributed by atoms with Gasteiger partial charge in [-0.3, -0.25) is 0 Å². The Balaban J connectivity index is 1.74. The fraction of sp³-hybridized carbons (Fsp3) is 1.00. The zero-order valence-corrected chi connectivity index (χ0v) is 12.8. The first-order chi connectivity index (χ1) is 8.65. The van der Waals surface area contributed by atoms with Crippen LogP contribution in [0.1, 0.15) is 78.6 Å². The van der Waals surface area contributed by atoms with E-state index in [9.17, 15) is 0 Å². The minimum absolute atomic E-state index is 0.760. The summed E-state index contributed by atoms with van der Waals surface area (Å²) in [7, 11) is 0. The molecule has 1 nitrogen and oxygen atoms in total. The predicted molar refractivity (Wildman–Crippen MR) is 79.8 cm³/mol. The minimum Gasteiger partial charge on any atom is -0.311 e. The van der Waals surface area contributed by atoms with Gasteiger partial charge in [-0.05, 0) is 56.8 Å². The summed E-state index contributed by atoms with van der Waals surface area (Å²) < 4.78 is 0. The zero-order chi connectivity index (χ0) is 13.0. The zero-order valence-electron chi connectivity index (χ0n) is 12.8. The molecule has 0 aromatic heterocycles. The smallest absolute Gasteiger partial charge is 0.00722 e. The van der Waals surface area contributed by atoms with E-state index in [1.807, 2.05) is 0 Å². The lowest BCUT2D eigenvalue weighted by Crippen LogP contribution is -2.42. The lowest BCUT2D eigenvalue weighted by molar-refractivity contribution is 0.225. The van der Waals surface area contributed by atoms with Crippen molar-refractivity contribution >= 4 is 0 Å². The van der Waals surface area contributed by atoms with Crippen LogP contribution in [0.3, 0.4) is 0 Å². The van der Waals surface area contributed by atoms with Gasteiger partial charge >= 0.3 is 0 Å². The molecule has 0 aliphatic heterocycles. The molecule has 2 fully saturated rings. The van der Waals surface area contributed by atoms with Crippen LogP contribution >= 0.6 is 0 Å². The van der Waals surface area contributed by atoms with E-state index in [2.05, 4.69) is 26.1 Å². The Labute approximate surface area is 114 Å². The maximum absolute atomic E-state index is 3.96. The highest BCUT2D eigenvalue weighted by atomic mass is 15.0. The fourth-order valence-electron chi connectivity index (χ4n) is 4.29. The molecule has 1 heteroatoms. The Bertz CT molecular complexity index is 230. The minimum atomic E-state index is 0.760. The summed E-state index contributed by atoms with van der Waals surface area (Å²) in [5.74, 6) is 2.84.